The summed E-state index contributed by atoms with van der Waals surface area (Å²) >= 11 is 0. The third-order valence-corrected chi connectivity index (χ3v) is 9.85. The highest BCUT2D eigenvalue weighted by Gasteiger charge is 2.22. The quantitative estimate of drug-likeness (QED) is 0.184. The van der Waals surface area contributed by atoms with Crippen LogP contribution in [0.1, 0.15) is 0 Å². The molecule has 0 saturated heterocycles. The zero-order valence-electron chi connectivity index (χ0n) is 25.6. The summed E-state index contributed by atoms with van der Waals surface area (Å²) in [6.45, 7) is 0. The predicted molar refractivity (Wildman–Crippen MR) is 198 cm³/mol. The Hall–Kier alpha value is -6.18. The van der Waals surface area contributed by atoms with Gasteiger partial charge < -0.3 is 4.74 Å². The molecule has 1 heteroatoms. The Kier molecular flexibility index (Phi) is 5.64. The first-order chi connectivity index (χ1) is 23.3. The second kappa shape index (κ2) is 10.2. The van der Waals surface area contributed by atoms with Gasteiger partial charge in [0.15, 0.2) is 0 Å². The number of fused-ring (bicyclic) bond motifs is 5. The SMILES string of the molecule is c1ccc(-c2c3ccccc3c(-c3ccc(-c4ccc5c(c4)-c4cccc6cccc(c46)O5)c4ccccc34)c3ccccc23)cc1. The number of ether oxygens (including phenoxy) is 1. The van der Waals surface area contributed by atoms with Crippen LogP contribution in [0.2, 0.25) is 0 Å². The number of hydrogen-bond donors (Lipinski definition) is 0. The molecule has 0 N–H and O–H groups in total. The highest BCUT2D eigenvalue weighted by molar-refractivity contribution is 6.24. The molecule has 0 unspecified atom stereocenters. The van der Waals surface area contributed by atoms with Gasteiger partial charge in [-0.15, -0.1) is 0 Å². The number of hydrogen-bond acceptors (Lipinski definition) is 1. The Labute approximate surface area is 272 Å². The lowest BCUT2D eigenvalue weighted by Crippen LogP contribution is -1.97. The molecule has 9 aromatic carbocycles. The maximum Gasteiger partial charge on any atom is 0.135 e. The molecule has 0 aromatic heterocycles. The van der Waals surface area contributed by atoms with Crippen molar-refractivity contribution in [2.24, 2.45) is 0 Å². The Morgan fingerprint density at radius 3 is 1.57 bits per heavy atom. The summed E-state index contributed by atoms with van der Waals surface area (Å²) in [6.07, 6.45) is 0. The topological polar surface area (TPSA) is 9.23 Å². The molecular weight excluding hydrogens is 569 g/mol. The van der Waals surface area contributed by atoms with Gasteiger partial charge in [0.1, 0.15) is 11.5 Å². The normalized spacial score (nSPS) is 12.0. The van der Waals surface area contributed by atoms with Crippen LogP contribution in [0.4, 0.5) is 0 Å². The first-order valence-corrected chi connectivity index (χ1v) is 16.2. The minimum Gasteiger partial charge on any atom is -0.456 e. The van der Waals surface area contributed by atoms with Crippen LogP contribution in [0.5, 0.6) is 11.5 Å². The number of rotatable bonds is 3. The Balaban J connectivity index is 1.22. The van der Waals surface area contributed by atoms with Crippen LogP contribution >= 0.6 is 0 Å². The maximum atomic E-state index is 6.43. The second-order valence-electron chi connectivity index (χ2n) is 12.4. The molecule has 0 saturated carbocycles. The lowest BCUT2D eigenvalue weighted by atomic mass is 9.83. The van der Waals surface area contributed by atoms with Gasteiger partial charge in [-0.1, -0.05) is 152 Å². The molecule has 0 fully saturated rings. The molecule has 0 amide bonds. The van der Waals surface area contributed by atoms with Crippen molar-refractivity contribution in [3.63, 3.8) is 0 Å². The predicted octanol–water partition coefficient (Wildman–Crippen LogP) is 13.1. The van der Waals surface area contributed by atoms with Gasteiger partial charge in [-0.2, -0.15) is 0 Å². The summed E-state index contributed by atoms with van der Waals surface area (Å²) in [5.74, 6) is 1.82. The van der Waals surface area contributed by atoms with Crippen LogP contribution in [0.3, 0.4) is 0 Å². The fraction of sp³-hybridized carbons (Fsp3) is 0. The minimum absolute atomic E-state index is 0.900. The van der Waals surface area contributed by atoms with E-state index in [1.165, 1.54) is 82.0 Å². The first-order valence-electron chi connectivity index (χ1n) is 16.2. The van der Waals surface area contributed by atoms with E-state index in [2.05, 4.69) is 170 Å². The monoisotopic (exact) mass is 596 g/mol. The molecule has 1 aliphatic heterocycles. The molecule has 0 spiro atoms. The molecule has 10 rings (SSSR count). The van der Waals surface area contributed by atoms with Crippen LogP contribution in [0.25, 0.3) is 87.6 Å². The summed E-state index contributed by atoms with van der Waals surface area (Å²) in [5, 5.41) is 9.92. The smallest absolute Gasteiger partial charge is 0.135 e. The van der Waals surface area contributed by atoms with Crippen molar-refractivity contribution in [2.75, 3.05) is 0 Å². The van der Waals surface area contributed by atoms with Crippen molar-refractivity contribution in [3.8, 4) is 56.0 Å². The lowest BCUT2D eigenvalue weighted by Gasteiger charge is -2.22. The van der Waals surface area contributed by atoms with Gasteiger partial charge in [0, 0.05) is 10.9 Å². The molecule has 0 radical (unpaired) electrons. The van der Waals surface area contributed by atoms with E-state index in [4.69, 9.17) is 4.74 Å². The van der Waals surface area contributed by atoms with Crippen molar-refractivity contribution in [1.29, 1.82) is 0 Å². The van der Waals surface area contributed by atoms with E-state index in [-0.39, 0.29) is 0 Å². The number of benzene rings is 9. The minimum atomic E-state index is 0.900. The lowest BCUT2D eigenvalue weighted by molar-refractivity contribution is 0.487. The van der Waals surface area contributed by atoms with Crippen molar-refractivity contribution >= 4 is 43.1 Å². The molecule has 9 aromatic rings. The van der Waals surface area contributed by atoms with Gasteiger partial charge >= 0.3 is 0 Å². The molecule has 0 atom stereocenters. The molecule has 1 aliphatic rings. The van der Waals surface area contributed by atoms with Gasteiger partial charge in [-0.05, 0) is 94.8 Å². The molecule has 218 valence electrons. The van der Waals surface area contributed by atoms with Crippen LogP contribution in [0.15, 0.2) is 170 Å². The Morgan fingerprint density at radius 1 is 0.298 bits per heavy atom. The average molecular weight is 597 g/mol. The highest BCUT2D eigenvalue weighted by atomic mass is 16.5. The zero-order chi connectivity index (χ0) is 30.9. The summed E-state index contributed by atoms with van der Waals surface area (Å²) in [5.41, 5.74) is 9.80. The third-order valence-electron chi connectivity index (χ3n) is 9.85. The first kappa shape index (κ1) is 26.1. The van der Waals surface area contributed by atoms with Gasteiger partial charge in [0.2, 0.25) is 0 Å². The van der Waals surface area contributed by atoms with Crippen LogP contribution in [-0.2, 0) is 0 Å². The van der Waals surface area contributed by atoms with Crippen molar-refractivity contribution < 1.29 is 4.74 Å². The fourth-order valence-corrected chi connectivity index (χ4v) is 7.83. The van der Waals surface area contributed by atoms with E-state index in [9.17, 15) is 0 Å². The van der Waals surface area contributed by atoms with E-state index in [0.717, 1.165) is 17.1 Å². The van der Waals surface area contributed by atoms with Gasteiger partial charge in [-0.3, -0.25) is 0 Å². The van der Waals surface area contributed by atoms with Crippen molar-refractivity contribution in [1.82, 2.24) is 0 Å². The van der Waals surface area contributed by atoms with Crippen LogP contribution in [-0.4, -0.2) is 0 Å². The molecule has 0 bridgehead atoms. The molecular formula is C46H28O. The Bertz CT molecular complexity index is 2640. The average Bonchev–Trinajstić information content (AvgIpc) is 3.14. The largest absolute Gasteiger partial charge is 0.456 e. The summed E-state index contributed by atoms with van der Waals surface area (Å²) in [6, 6.07) is 61.5. The van der Waals surface area contributed by atoms with E-state index in [1.807, 2.05) is 0 Å². The van der Waals surface area contributed by atoms with Crippen molar-refractivity contribution in [2.45, 2.75) is 0 Å². The van der Waals surface area contributed by atoms with Crippen LogP contribution < -0.4 is 4.74 Å². The van der Waals surface area contributed by atoms with Gasteiger partial charge in [0.25, 0.3) is 0 Å². The zero-order valence-corrected chi connectivity index (χ0v) is 25.6. The third kappa shape index (κ3) is 3.90. The molecule has 1 nitrogen and oxygen atoms in total. The highest BCUT2D eigenvalue weighted by Crippen LogP contribution is 2.49. The Morgan fingerprint density at radius 2 is 0.872 bits per heavy atom. The van der Waals surface area contributed by atoms with E-state index >= 15 is 0 Å². The van der Waals surface area contributed by atoms with E-state index in [0.29, 0.717) is 0 Å². The molecule has 0 aliphatic carbocycles. The van der Waals surface area contributed by atoms with Gasteiger partial charge in [-0.25, -0.2) is 0 Å². The summed E-state index contributed by atoms with van der Waals surface area (Å²) in [7, 11) is 0. The van der Waals surface area contributed by atoms with Crippen molar-refractivity contribution in [3.05, 3.63) is 170 Å². The fourth-order valence-electron chi connectivity index (χ4n) is 7.83. The van der Waals surface area contributed by atoms with Gasteiger partial charge in [0.05, 0.1) is 0 Å². The van der Waals surface area contributed by atoms with E-state index in [1.54, 1.807) is 0 Å². The molecule has 1 heterocycles. The summed E-state index contributed by atoms with van der Waals surface area (Å²) in [4.78, 5) is 0. The molecule has 47 heavy (non-hydrogen) atoms. The second-order valence-corrected chi connectivity index (χ2v) is 12.4. The standard InChI is InChI=1S/C46H28O/c1-2-12-29(13-3-1)44-35-18-6-8-20-37(35)46(38-21-9-7-19-36(38)44)40-26-25-32(33-16-4-5-17-34(33)40)31-24-27-42-41(28-31)39-22-10-14-30-15-11-23-43(47-42)45(30)39/h1-28H. The van der Waals surface area contributed by atoms with E-state index < -0.39 is 0 Å². The van der Waals surface area contributed by atoms with Crippen LogP contribution in [0, 0.1) is 0 Å². The maximum absolute atomic E-state index is 6.43. The summed E-state index contributed by atoms with van der Waals surface area (Å²) < 4.78 is 6.43.